The van der Waals surface area contributed by atoms with Crippen LogP contribution in [-0.2, 0) is 0 Å². The van der Waals surface area contributed by atoms with E-state index in [1.807, 2.05) is 0 Å². The molecule has 1 aromatic carbocycles. The van der Waals surface area contributed by atoms with Crippen LogP contribution in [0.1, 0.15) is 0 Å². The Morgan fingerprint density at radius 1 is 1.50 bits per heavy atom. The highest BCUT2D eigenvalue weighted by molar-refractivity contribution is 5.38. The molecule has 0 atom stereocenters. The Balaban J connectivity index is 3.11. The second-order valence-corrected chi connectivity index (χ2v) is 1.35. The van der Waals surface area contributed by atoms with E-state index in [1.54, 1.807) is 0 Å². The molecule has 0 heterocycles. The van der Waals surface area contributed by atoms with Gasteiger partial charge in [0, 0.05) is 6.07 Å². The maximum absolute atomic E-state index is 10.2. The predicted molar refractivity (Wildman–Crippen MR) is 27.3 cm³/mol. The third-order valence-electron chi connectivity index (χ3n) is 0.863. The molecule has 0 unspecified atom stereocenters. The largest absolute Gasteiger partial charge is 0.285 e. The van der Waals surface area contributed by atoms with Gasteiger partial charge in [-0.1, -0.05) is 0 Å². The van der Waals surface area contributed by atoms with Gasteiger partial charge in [-0.3, -0.25) is 9.59 Å². The van der Waals surface area contributed by atoms with Crippen LogP contribution in [-0.4, -0.2) is 0 Å². The van der Waals surface area contributed by atoms with E-state index in [0.29, 0.717) is 0 Å². The molecule has 41 valence electrons. The van der Waals surface area contributed by atoms with Crippen molar-refractivity contribution in [1.29, 1.82) is 0 Å². The Morgan fingerprint density at radius 2 is 2.12 bits per heavy atom. The molecule has 1 aromatic rings. The minimum absolute atomic E-state index is 0.0648. The third-order valence-corrected chi connectivity index (χ3v) is 0.863. The van der Waals surface area contributed by atoms with Crippen molar-refractivity contribution in [2.75, 3.05) is 0 Å². The Morgan fingerprint density at radius 3 is 2.25 bits per heavy atom. The molecular formula is C4H3N2O2. The van der Waals surface area contributed by atoms with E-state index < -0.39 is 10.9 Å². The van der Waals surface area contributed by atoms with Crippen LogP contribution in [0.3, 0.4) is 0 Å². The molecule has 0 aliphatic heterocycles. The molecule has 0 bridgehead atoms. The first-order valence-electron chi connectivity index (χ1n) is 1.97. The SMILES string of the molecule is N[N]c1cc(=O)c1=O. The van der Waals surface area contributed by atoms with E-state index in [1.165, 1.54) is 0 Å². The van der Waals surface area contributed by atoms with Gasteiger partial charge in [0.25, 0.3) is 5.43 Å². The lowest BCUT2D eigenvalue weighted by molar-refractivity contribution is 0.935. The lowest BCUT2D eigenvalue weighted by atomic mass is 10.3. The van der Waals surface area contributed by atoms with Crippen molar-refractivity contribution >= 4 is 5.69 Å². The Labute approximate surface area is 44.6 Å². The van der Waals surface area contributed by atoms with Crippen LogP contribution >= 0.6 is 0 Å². The normalized spacial score (nSPS) is 9.62. The van der Waals surface area contributed by atoms with Gasteiger partial charge in [-0.05, 0) is 0 Å². The zero-order valence-corrected chi connectivity index (χ0v) is 3.92. The summed E-state index contributed by atoms with van der Waals surface area (Å²) >= 11 is 0. The van der Waals surface area contributed by atoms with Gasteiger partial charge in [-0.15, -0.1) is 0 Å². The first-order chi connectivity index (χ1) is 3.75. The fourth-order valence-corrected chi connectivity index (χ4v) is 0.400. The van der Waals surface area contributed by atoms with Gasteiger partial charge in [0.05, 0.1) is 0 Å². The van der Waals surface area contributed by atoms with Crippen molar-refractivity contribution in [3.63, 3.8) is 0 Å². The van der Waals surface area contributed by atoms with Crippen molar-refractivity contribution < 1.29 is 0 Å². The summed E-state index contributed by atoms with van der Waals surface area (Å²) in [6.45, 7) is 0. The highest BCUT2D eigenvalue weighted by Gasteiger charge is 2.06. The van der Waals surface area contributed by atoms with Crippen LogP contribution in [0.5, 0.6) is 0 Å². The van der Waals surface area contributed by atoms with Crippen molar-refractivity contribution in [3.05, 3.63) is 26.5 Å². The van der Waals surface area contributed by atoms with Gasteiger partial charge in [0.2, 0.25) is 5.43 Å². The molecule has 0 amide bonds. The number of hydrogen-bond acceptors (Lipinski definition) is 3. The summed E-state index contributed by atoms with van der Waals surface area (Å²) in [7, 11) is 0. The van der Waals surface area contributed by atoms with E-state index in [-0.39, 0.29) is 5.69 Å². The lowest BCUT2D eigenvalue weighted by Crippen LogP contribution is -2.33. The first-order valence-corrected chi connectivity index (χ1v) is 1.97. The lowest BCUT2D eigenvalue weighted by Gasteiger charge is -1.91. The highest BCUT2D eigenvalue weighted by atomic mass is 16.2. The van der Waals surface area contributed by atoms with E-state index in [9.17, 15) is 9.59 Å². The summed E-state index contributed by atoms with van der Waals surface area (Å²) in [5.74, 6) is 4.67. The zero-order chi connectivity index (χ0) is 6.15. The molecule has 2 N–H and O–H groups in total. The first kappa shape index (κ1) is 4.99. The Kier molecular flexibility index (Phi) is 0.881. The average Bonchev–Trinajstić information content (AvgIpc) is 1.81. The number of nitrogens with two attached hydrogens (primary N) is 1. The average molecular weight is 111 g/mol. The zero-order valence-electron chi connectivity index (χ0n) is 3.92. The van der Waals surface area contributed by atoms with E-state index in [0.717, 1.165) is 6.07 Å². The van der Waals surface area contributed by atoms with E-state index >= 15 is 0 Å². The highest BCUT2D eigenvalue weighted by Crippen LogP contribution is 1.88. The minimum Gasteiger partial charge on any atom is -0.285 e. The molecule has 4 nitrogen and oxygen atoms in total. The maximum Gasteiger partial charge on any atom is 0.252 e. The van der Waals surface area contributed by atoms with Gasteiger partial charge in [-0.2, -0.15) is 0 Å². The molecule has 1 rings (SSSR count). The van der Waals surface area contributed by atoms with Crippen LogP contribution in [0, 0.1) is 0 Å². The van der Waals surface area contributed by atoms with Gasteiger partial charge in [0.1, 0.15) is 5.69 Å². The summed E-state index contributed by atoms with van der Waals surface area (Å²) in [5.41, 5.74) is 1.97. The van der Waals surface area contributed by atoms with Gasteiger partial charge in [0.15, 0.2) is 0 Å². The van der Waals surface area contributed by atoms with E-state index in [2.05, 4.69) is 11.3 Å². The Bertz CT molecular complexity index is 258. The van der Waals surface area contributed by atoms with Crippen molar-refractivity contribution in [1.82, 2.24) is 5.43 Å². The quantitative estimate of drug-likeness (QED) is 0.269. The molecule has 0 spiro atoms. The Hall–Kier alpha value is -1.16. The summed E-state index contributed by atoms with van der Waals surface area (Å²) < 4.78 is 0. The van der Waals surface area contributed by atoms with Gasteiger partial charge >= 0.3 is 0 Å². The molecule has 1 radical (unpaired) electrons. The smallest absolute Gasteiger partial charge is 0.252 e. The predicted octanol–water partition coefficient (Wildman–Crippen LogP) is -1.61. The third kappa shape index (κ3) is 0.433. The summed E-state index contributed by atoms with van der Waals surface area (Å²) in [4.78, 5) is 20.3. The molecule has 0 fully saturated rings. The fraction of sp³-hybridized carbons (Fsp3) is 0. The van der Waals surface area contributed by atoms with Crippen LogP contribution in [0.2, 0.25) is 0 Å². The van der Waals surface area contributed by atoms with Gasteiger partial charge in [-0.25, -0.2) is 11.3 Å². The van der Waals surface area contributed by atoms with E-state index in [4.69, 9.17) is 0 Å². The second kappa shape index (κ2) is 1.41. The summed E-state index contributed by atoms with van der Waals surface area (Å²) in [6.07, 6.45) is 0. The standard InChI is InChI=1S/C4H3N2O2/c5-6-2-1-3(7)4(2)8/h1H,5H2. The molecule has 0 aliphatic rings. The van der Waals surface area contributed by atoms with Crippen molar-refractivity contribution in [3.8, 4) is 0 Å². The molecule has 0 aliphatic carbocycles. The number of nitrogens with zero attached hydrogens (tertiary/aromatic N) is 1. The number of rotatable bonds is 1. The summed E-state index contributed by atoms with van der Waals surface area (Å²) in [6, 6.07) is 1.10. The molecule has 8 heavy (non-hydrogen) atoms. The molecular weight excluding hydrogens is 108 g/mol. The fourth-order valence-electron chi connectivity index (χ4n) is 0.400. The number of hydrogen-bond donors (Lipinski definition) is 1. The second-order valence-electron chi connectivity index (χ2n) is 1.35. The van der Waals surface area contributed by atoms with Crippen LogP contribution in [0.15, 0.2) is 15.7 Å². The van der Waals surface area contributed by atoms with Crippen molar-refractivity contribution in [2.24, 2.45) is 5.84 Å². The maximum atomic E-state index is 10.2. The molecule has 0 aromatic heterocycles. The van der Waals surface area contributed by atoms with Crippen LogP contribution in [0.4, 0.5) is 5.69 Å². The monoisotopic (exact) mass is 111 g/mol. The van der Waals surface area contributed by atoms with Crippen molar-refractivity contribution in [2.45, 2.75) is 0 Å². The van der Waals surface area contributed by atoms with Crippen LogP contribution < -0.4 is 22.1 Å². The molecule has 4 heteroatoms. The van der Waals surface area contributed by atoms with Crippen LogP contribution in [0.25, 0.3) is 0 Å². The minimum atomic E-state index is -0.590. The molecule has 0 saturated heterocycles. The topological polar surface area (TPSA) is 74.3 Å². The van der Waals surface area contributed by atoms with Gasteiger partial charge < -0.3 is 0 Å². The summed E-state index contributed by atoms with van der Waals surface area (Å²) in [5, 5.41) is 0. The molecule has 0 saturated carbocycles.